The smallest absolute Gasteiger partial charge is 0.238 e. The van der Waals surface area contributed by atoms with Gasteiger partial charge in [-0.05, 0) is 29.8 Å². The molecule has 0 saturated heterocycles. The molecule has 4 nitrogen and oxygen atoms in total. The van der Waals surface area contributed by atoms with Crippen molar-refractivity contribution in [3.8, 4) is 0 Å². The molecule has 128 valence electrons. The van der Waals surface area contributed by atoms with Crippen LogP contribution < -0.4 is 10.6 Å². The lowest BCUT2D eigenvalue weighted by Gasteiger charge is -2.17. The SMILES string of the molecule is O=C(CN[C@H](c1ccccc1)c1ccco1)Nc1ccc(F)cc1F. The largest absolute Gasteiger partial charge is 0.467 e. The van der Waals surface area contributed by atoms with Crippen molar-refractivity contribution in [1.29, 1.82) is 0 Å². The minimum absolute atomic E-state index is 0.0672. The summed E-state index contributed by atoms with van der Waals surface area (Å²) >= 11 is 0. The van der Waals surface area contributed by atoms with Gasteiger partial charge in [0.25, 0.3) is 0 Å². The number of benzene rings is 2. The Morgan fingerprint density at radius 1 is 1.04 bits per heavy atom. The molecule has 0 fully saturated rings. The van der Waals surface area contributed by atoms with Gasteiger partial charge in [-0.15, -0.1) is 0 Å². The van der Waals surface area contributed by atoms with Gasteiger partial charge in [0.15, 0.2) is 0 Å². The summed E-state index contributed by atoms with van der Waals surface area (Å²) in [6.07, 6.45) is 1.56. The van der Waals surface area contributed by atoms with E-state index in [-0.39, 0.29) is 18.3 Å². The maximum Gasteiger partial charge on any atom is 0.238 e. The van der Waals surface area contributed by atoms with E-state index in [1.807, 2.05) is 36.4 Å². The zero-order valence-corrected chi connectivity index (χ0v) is 13.2. The predicted octanol–water partition coefficient (Wildman–Crippen LogP) is 3.88. The molecule has 25 heavy (non-hydrogen) atoms. The average Bonchev–Trinajstić information content (AvgIpc) is 3.13. The van der Waals surface area contributed by atoms with E-state index in [1.165, 1.54) is 6.07 Å². The highest BCUT2D eigenvalue weighted by Gasteiger charge is 2.18. The first-order valence-electron chi connectivity index (χ1n) is 7.70. The second-order valence-electron chi connectivity index (χ2n) is 5.41. The van der Waals surface area contributed by atoms with E-state index in [2.05, 4.69) is 10.6 Å². The molecule has 1 heterocycles. The quantitative estimate of drug-likeness (QED) is 0.715. The summed E-state index contributed by atoms with van der Waals surface area (Å²) in [5.41, 5.74) is 0.862. The fraction of sp³-hybridized carbons (Fsp3) is 0.105. The molecule has 0 aliphatic carbocycles. The van der Waals surface area contributed by atoms with Crippen LogP contribution in [0.2, 0.25) is 0 Å². The van der Waals surface area contributed by atoms with E-state index >= 15 is 0 Å². The van der Waals surface area contributed by atoms with Crippen LogP contribution in [0.25, 0.3) is 0 Å². The number of amides is 1. The lowest BCUT2D eigenvalue weighted by Crippen LogP contribution is -2.32. The van der Waals surface area contributed by atoms with Gasteiger partial charge in [-0.3, -0.25) is 10.1 Å². The number of hydrogen-bond donors (Lipinski definition) is 2. The van der Waals surface area contributed by atoms with Crippen molar-refractivity contribution >= 4 is 11.6 Å². The van der Waals surface area contributed by atoms with Crippen LogP contribution in [-0.4, -0.2) is 12.5 Å². The summed E-state index contributed by atoms with van der Waals surface area (Å²) in [4.78, 5) is 12.1. The van der Waals surface area contributed by atoms with Crippen molar-refractivity contribution in [3.05, 3.63) is 89.9 Å². The molecule has 0 spiro atoms. The molecule has 0 unspecified atom stereocenters. The first-order chi connectivity index (χ1) is 12.1. The van der Waals surface area contributed by atoms with Gasteiger partial charge in [0.2, 0.25) is 5.91 Å². The molecular formula is C19H16F2N2O2. The molecule has 3 rings (SSSR count). The second-order valence-corrected chi connectivity index (χ2v) is 5.41. The molecule has 6 heteroatoms. The molecular weight excluding hydrogens is 326 g/mol. The minimum atomic E-state index is -0.820. The first-order valence-corrected chi connectivity index (χ1v) is 7.70. The molecule has 0 saturated carbocycles. The fourth-order valence-corrected chi connectivity index (χ4v) is 2.46. The van der Waals surface area contributed by atoms with Gasteiger partial charge in [-0.25, -0.2) is 8.78 Å². The van der Waals surface area contributed by atoms with E-state index in [0.717, 1.165) is 17.7 Å². The van der Waals surface area contributed by atoms with Gasteiger partial charge in [0.05, 0.1) is 24.5 Å². The number of rotatable bonds is 6. The number of anilines is 1. The highest BCUT2D eigenvalue weighted by molar-refractivity contribution is 5.92. The lowest BCUT2D eigenvalue weighted by atomic mass is 10.0. The van der Waals surface area contributed by atoms with Crippen molar-refractivity contribution in [1.82, 2.24) is 5.32 Å². The van der Waals surface area contributed by atoms with Crippen molar-refractivity contribution < 1.29 is 18.0 Å². The Morgan fingerprint density at radius 3 is 2.52 bits per heavy atom. The summed E-state index contributed by atoms with van der Waals surface area (Å²) in [7, 11) is 0. The number of nitrogens with one attached hydrogen (secondary N) is 2. The van der Waals surface area contributed by atoms with E-state index < -0.39 is 17.5 Å². The third-order valence-electron chi connectivity index (χ3n) is 3.63. The monoisotopic (exact) mass is 342 g/mol. The molecule has 2 N–H and O–H groups in total. The Kier molecular flexibility index (Phi) is 5.20. The van der Waals surface area contributed by atoms with Gasteiger partial charge in [0.1, 0.15) is 17.4 Å². The molecule has 1 atom stereocenters. The van der Waals surface area contributed by atoms with Gasteiger partial charge >= 0.3 is 0 Å². The molecule has 1 amide bonds. The third kappa shape index (κ3) is 4.30. The van der Waals surface area contributed by atoms with Gasteiger partial charge < -0.3 is 9.73 Å². The maximum atomic E-state index is 13.6. The van der Waals surface area contributed by atoms with Crippen LogP contribution in [0.3, 0.4) is 0 Å². The summed E-state index contributed by atoms with van der Waals surface area (Å²) in [5, 5.41) is 5.50. The van der Waals surface area contributed by atoms with E-state index in [4.69, 9.17) is 4.42 Å². The van der Waals surface area contributed by atoms with E-state index in [1.54, 1.807) is 12.3 Å². The van der Waals surface area contributed by atoms with Crippen LogP contribution in [0.1, 0.15) is 17.4 Å². The Morgan fingerprint density at radius 2 is 1.84 bits per heavy atom. The first kappa shape index (κ1) is 16.9. The minimum Gasteiger partial charge on any atom is -0.467 e. The van der Waals surface area contributed by atoms with Crippen LogP contribution in [0.15, 0.2) is 71.3 Å². The fourth-order valence-electron chi connectivity index (χ4n) is 2.46. The zero-order valence-electron chi connectivity index (χ0n) is 13.2. The number of carbonyl (C=O) groups is 1. The Balaban J connectivity index is 1.68. The van der Waals surface area contributed by atoms with Crippen molar-refractivity contribution in [2.45, 2.75) is 6.04 Å². The Bertz CT molecular complexity index is 836. The van der Waals surface area contributed by atoms with Gasteiger partial charge in [0, 0.05) is 6.07 Å². The van der Waals surface area contributed by atoms with Crippen LogP contribution in [0.4, 0.5) is 14.5 Å². The number of hydrogen-bond acceptors (Lipinski definition) is 3. The van der Waals surface area contributed by atoms with E-state index in [0.29, 0.717) is 5.76 Å². The van der Waals surface area contributed by atoms with Crippen molar-refractivity contribution in [2.24, 2.45) is 0 Å². The van der Waals surface area contributed by atoms with Crippen LogP contribution >= 0.6 is 0 Å². The summed E-state index contributed by atoms with van der Waals surface area (Å²) in [5.74, 6) is -1.31. The average molecular weight is 342 g/mol. The van der Waals surface area contributed by atoms with E-state index in [9.17, 15) is 13.6 Å². The predicted molar refractivity (Wildman–Crippen MR) is 90.0 cm³/mol. The molecule has 0 radical (unpaired) electrons. The lowest BCUT2D eigenvalue weighted by molar-refractivity contribution is -0.115. The number of furan rings is 1. The molecule has 1 aromatic heterocycles. The Labute approximate surface area is 143 Å². The zero-order chi connectivity index (χ0) is 17.6. The number of carbonyl (C=O) groups excluding carboxylic acids is 1. The summed E-state index contributed by atoms with van der Waals surface area (Å²) in [6.45, 7) is -0.0723. The third-order valence-corrected chi connectivity index (χ3v) is 3.63. The molecule has 0 bridgehead atoms. The van der Waals surface area contributed by atoms with Crippen molar-refractivity contribution in [2.75, 3.05) is 11.9 Å². The molecule has 0 aliphatic heterocycles. The second kappa shape index (κ2) is 7.72. The van der Waals surface area contributed by atoms with Gasteiger partial charge in [-0.1, -0.05) is 30.3 Å². The Hall–Kier alpha value is -2.99. The normalized spacial score (nSPS) is 11.9. The summed E-state index contributed by atoms with van der Waals surface area (Å²) < 4.78 is 32.0. The van der Waals surface area contributed by atoms with Crippen molar-refractivity contribution in [3.63, 3.8) is 0 Å². The highest BCUT2D eigenvalue weighted by Crippen LogP contribution is 2.22. The van der Waals surface area contributed by atoms with Gasteiger partial charge in [-0.2, -0.15) is 0 Å². The molecule has 2 aromatic carbocycles. The highest BCUT2D eigenvalue weighted by atomic mass is 19.1. The number of halogens is 2. The molecule has 3 aromatic rings. The standard InChI is InChI=1S/C19H16F2N2O2/c20-14-8-9-16(15(21)11-14)23-18(24)12-22-19(17-7-4-10-25-17)13-5-2-1-3-6-13/h1-11,19,22H,12H2,(H,23,24)/t19-/m1/s1. The van der Waals surface area contributed by atoms with Crippen LogP contribution in [-0.2, 0) is 4.79 Å². The summed E-state index contributed by atoms with van der Waals surface area (Å²) in [6, 6.07) is 15.7. The topological polar surface area (TPSA) is 54.3 Å². The molecule has 0 aliphatic rings. The van der Waals surface area contributed by atoms with Crippen LogP contribution in [0.5, 0.6) is 0 Å². The maximum absolute atomic E-state index is 13.6. The van der Waals surface area contributed by atoms with Crippen LogP contribution in [0, 0.1) is 11.6 Å².